The molecule has 0 radical (unpaired) electrons. The lowest BCUT2D eigenvalue weighted by Gasteiger charge is -2.14. The third kappa shape index (κ3) is 5.02. The third-order valence-corrected chi connectivity index (χ3v) is 3.84. The number of benzene rings is 2. The Labute approximate surface area is 145 Å². The van der Waals surface area contributed by atoms with Crippen molar-refractivity contribution in [2.24, 2.45) is 0 Å². The van der Waals surface area contributed by atoms with Gasteiger partial charge in [-0.2, -0.15) is 0 Å². The van der Waals surface area contributed by atoms with Crippen molar-refractivity contribution in [2.45, 2.75) is 20.0 Å². The molecule has 7 heteroatoms. The summed E-state index contributed by atoms with van der Waals surface area (Å²) in [6, 6.07) is 11.0. The van der Waals surface area contributed by atoms with Gasteiger partial charge in [0.1, 0.15) is 18.5 Å². The van der Waals surface area contributed by atoms with Crippen LogP contribution in [0.3, 0.4) is 0 Å². The van der Waals surface area contributed by atoms with Crippen molar-refractivity contribution in [2.75, 3.05) is 13.2 Å². The molecule has 0 aliphatic carbocycles. The summed E-state index contributed by atoms with van der Waals surface area (Å²) in [5.74, 6) is 0.154. The first-order valence-corrected chi connectivity index (χ1v) is 7.78. The summed E-state index contributed by atoms with van der Waals surface area (Å²) in [7, 11) is 0. The predicted molar refractivity (Wildman–Crippen MR) is 92.8 cm³/mol. The number of amides is 1. The lowest BCUT2D eigenvalue weighted by molar-refractivity contribution is -0.384. The highest BCUT2D eigenvalue weighted by molar-refractivity contribution is 5.95. The zero-order valence-electron chi connectivity index (χ0n) is 14.1. The minimum atomic E-state index is -0.899. The minimum absolute atomic E-state index is 0.0336. The largest absolute Gasteiger partial charge is 0.491 e. The molecule has 132 valence electrons. The highest BCUT2D eigenvalue weighted by atomic mass is 16.6. The van der Waals surface area contributed by atoms with Crippen LogP contribution in [0.1, 0.15) is 21.5 Å². The highest BCUT2D eigenvalue weighted by Gasteiger charge is 2.13. The molecule has 0 saturated carbocycles. The number of carbonyl (C=O) groups excluding carboxylic acids is 1. The maximum Gasteiger partial charge on any atom is 0.269 e. The quantitative estimate of drug-likeness (QED) is 0.593. The summed E-state index contributed by atoms with van der Waals surface area (Å²) in [4.78, 5) is 22.2. The first kappa shape index (κ1) is 18.4. The van der Waals surface area contributed by atoms with Crippen LogP contribution >= 0.6 is 0 Å². The molecule has 2 N–H and O–H groups in total. The van der Waals surface area contributed by atoms with E-state index in [2.05, 4.69) is 5.32 Å². The van der Waals surface area contributed by atoms with Crippen molar-refractivity contribution in [3.63, 3.8) is 0 Å². The van der Waals surface area contributed by atoms with Crippen LogP contribution in [-0.2, 0) is 0 Å². The van der Waals surface area contributed by atoms with Gasteiger partial charge >= 0.3 is 0 Å². The van der Waals surface area contributed by atoms with Crippen LogP contribution in [0.4, 0.5) is 5.69 Å². The molecule has 0 spiro atoms. The van der Waals surface area contributed by atoms with Crippen molar-refractivity contribution in [1.29, 1.82) is 0 Å². The number of nitrogens with one attached hydrogen (secondary N) is 1. The Morgan fingerprint density at radius 3 is 2.56 bits per heavy atom. The van der Waals surface area contributed by atoms with Gasteiger partial charge in [0.15, 0.2) is 0 Å². The van der Waals surface area contributed by atoms with Crippen LogP contribution in [0.5, 0.6) is 5.75 Å². The van der Waals surface area contributed by atoms with Gasteiger partial charge < -0.3 is 15.2 Å². The Morgan fingerprint density at radius 2 is 1.92 bits per heavy atom. The number of hydrogen-bond donors (Lipinski definition) is 2. The number of carbonyl (C=O) groups is 1. The summed E-state index contributed by atoms with van der Waals surface area (Å²) < 4.78 is 5.36. The van der Waals surface area contributed by atoms with Gasteiger partial charge in [-0.1, -0.05) is 12.1 Å². The summed E-state index contributed by atoms with van der Waals surface area (Å²) >= 11 is 0. The van der Waals surface area contributed by atoms with Crippen LogP contribution in [0.15, 0.2) is 42.5 Å². The number of nitrogens with zero attached hydrogens (tertiary/aromatic N) is 1. The van der Waals surface area contributed by atoms with Crippen molar-refractivity contribution in [3.05, 3.63) is 69.3 Å². The van der Waals surface area contributed by atoms with E-state index in [1.807, 2.05) is 26.0 Å². The fourth-order valence-corrected chi connectivity index (χ4v) is 2.22. The Morgan fingerprint density at radius 1 is 1.24 bits per heavy atom. The molecule has 2 aromatic rings. The summed E-state index contributed by atoms with van der Waals surface area (Å²) in [6.07, 6.45) is -0.899. The molecule has 0 aliphatic heterocycles. The Bertz CT molecular complexity index is 759. The molecule has 1 amide bonds. The Balaban J connectivity index is 1.82. The van der Waals surface area contributed by atoms with Crippen molar-refractivity contribution < 1.29 is 19.6 Å². The zero-order chi connectivity index (χ0) is 18.4. The fraction of sp³-hybridized carbons (Fsp3) is 0.278. The van der Waals surface area contributed by atoms with E-state index in [0.29, 0.717) is 11.3 Å². The second kappa shape index (κ2) is 8.25. The van der Waals surface area contributed by atoms with E-state index in [9.17, 15) is 20.0 Å². The molecule has 0 fully saturated rings. The SMILES string of the molecule is Cc1cccc(C(=O)NCC(O)COc2ccc([N+](=O)[O-])cc2)c1C. The first-order valence-electron chi connectivity index (χ1n) is 7.78. The number of aliphatic hydroxyl groups is 1. The van der Waals surface area contributed by atoms with E-state index in [0.717, 1.165) is 11.1 Å². The molecule has 2 rings (SSSR count). The average molecular weight is 344 g/mol. The number of ether oxygens (including phenoxy) is 1. The van der Waals surface area contributed by atoms with Gasteiger partial charge in [0, 0.05) is 24.2 Å². The molecule has 1 unspecified atom stereocenters. The van der Waals surface area contributed by atoms with Gasteiger partial charge in [0.25, 0.3) is 11.6 Å². The van der Waals surface area contributed by atoms with E-state index in [1.165, 1.54) is 24.3 Å². The molecule has 0 bridgehead atoms. The van der Waals surface area contributed by atoms with Gasteiger partial charge in [-0.15, -0.1) is 0 Å². The molecule has 0 aromatic heterocycles. The molecule has 7 nitrogen and oxygen atoms in total. The van der Waals surface area contributed by atoms with Crippen molar-refractivity contribution >= 4 is 11.6 Å². The van der Waals surface area contributed by atoms with Gasteiger partial charge in [-0.3, -0.25) is 14.9 Å². The van der Waals surface area contributed by atoms with Crippen LogP contribution in [-0.4, -0.2) is 35.2 Å². The van der Waals surface area contributed by atoms with Gasteiger partial charge in [0.2, 0.25) is 0 Å². The lowest BCUT2D eigenvalue weighted by atomic mass is 10.0. The van der Waals surface area contributed by atoms with E-state index in [-0.39, 0.29) is 24.7 Å². The second-order valence-corrected chi connectivity index (χ2v) is 5.67. The normalized spacial score (nSPS) is 11.6. The van der Waals surface area contributed by atoms with Gasteiger partial charge in [-0.25, -0.2) is 0 Å². The molecule has 0 saturated heterocycles. The van der Waals surface area contributed by atoms with E-state index < -0.39 is 11.0 Å². The number of rotatable bonds is 7. The van der Waals surface area contributed by atoms with E-state index in [1.54, 1.807) is 6.07 Å². The van der Waals surface area contributed by atoms with Crippen LogP contribution < -0.4 is 10.1 Å². The van der Waals surface area contributed by atoms with Crippen molar-refractivity contribution in [1.82, 2.24) is 5.32 Å². The fourth-order valence-electron chi connectivity index (χ4n) is 2.22. The minimum Gasteiger partial charge on any atom is -0.491 e. The summed E-state index contributed by atoms with van der Waals surface area (Å²) in [6.45, 7) is 3.81. The van der Waals surface area contributed by atoms with Gasteiger partial charge in [-0.05, 0) is 43.2 Å². The maximum absolute atomic E-state index is 12.2. The van der Waals surface area contributed by atoms with Crippen LogP contribution in [0.2, 0.25) is 0 Å². The standard InChI is InChI=1S/C18H20N2O5/c1-12-4-3-5-17(13(12)2)18(22)19-10-15(21)11-25-16-8-6-14(7-9-16)20(23)24/h3-9,15,21H,10-11H2,1-2H3,(H,19,22). The molecule has 1 atom stereocenters. The van der Waals surface area contributed by atoms with Crippen molar-refractivity contribution in [3.8, 4) is 5.75 Å². The number of nitro groups is 1. The monoisotopic (exact) mass is 344 g/mol. The highest BCUT2D eigenvalue weighted by Crippen LogP contribution is 2.17. The predicted octanol–water partition coefficient (Wildman–Crippen LogP) is 2.38. The maximum atomic E-state index is 12.2. The molecular weight excluding hydrogens is 324 g/mol. The first-order chi connectivity index (χ1) is 11.9. The van der Waals surface area contributed by atoms with E-state index in [4.69, 9.17) is 4.74 Å². The van der Waals surface area contributed by atoms with Crippen LogP contribution in [0, 0.1) is 24.0 Å². The molecule has 0 heterocycles. The number of hydrogen-bond acceptors (Lipinski definition) is 5. The topological polar surface area (TPSA) is 102 Å². The third-order valence-electron chi connectivity index (χ3n) is 3.84. The van der Waals surface area contributed by atoms with Gasteiger partial charge in [0.05, 0.1) is 4.92 Å². The number of aliphatic hydroxyl groups excluding tert-OH is 1. The summed E-state index contributed by atoms with van der Waals surface area (Å²) in [5.41, 5.74) is 2.46. The second-order valence-electron chi connectivity index (χ2n) is 5.67. The Kier molecular flexibility index (Phi) is 6.08. The number of aryl methyl sites for hydroxylation is 1. The van der Waals surface area contributed by atoms with E-state index >= 15 is 0 Å². The lowest BCUT2D eigenvalue weighted by Crippen LogP contribution is -2.35. The zero-order valence-corrected chi connectivity index (χ0v) is 14.1. The molecular formula is C18H20N2O5. The molecule has 2 aromatic carbocycles. The molecule has 0 aliphatic rings. The number of nitro benzene ring substituents is 1. The average Bonchev–Trinajstić information content (AvgIpc) is 2.60. The van der Waals surface area contributed by atoms with Crippen LogP contribution in [0.25, 0.3) is 0 Å². The Hall–Kier alpha value is -2.93. The summed E-state index contributed by atoms with van der Waals surface area (Å²) in [5, 5.41) is 23.2. The smallest absolute Gasteiger partial charge is 0.269 e. The number of non-ortho nitro benzene ring substituents is 1. The molecule has 25 heavy (non-hydrogen) atoms.